The quantitative estimate of drug-likeness (QED) is 0.631. The normalized spacial score (nSPS) is 12.6. The fourth-order valence-electron chi connectivity index (χ4n) is 1.73. The van der Waals surface area contributed by atoms with Crippen molar-refractivity contribution in [2.24, 2.45) is 0 Å². The van der Waals surface area contributed by atoms with Gasteiger partial charge in [0.15, 0.2) is 17.5 Å². The number of nitrogens with zero attached hydrogens (tertiary/aromatic N) is 3. The maximum atomic E-state index is 13.8. The van der Waals surface area contributed by atoms with Crippen LogP contribution in [0.15, 0.2) is 24.5 Å². The maximum Gasteiger partial charge on any atom is 0.405 e. The second-order valence-corrected chi connectivity index (χ2v) is 4.96. The number of pyridine rings is 1. The van der Waals surface area contributed by atoms with Gasteiger partial charge in [0.05, 0.1) is 6.20 Å². The Hall–Kier alpha value is -2.85. The summed E-state index contributed by atoms with van der Waals surface area (Å²) in [5.41, 5.74) is 0.290. The zero-order valence-electron chi connectivity index (χ0n) is 12.7. The Labute approximate surface area is 138 Å². The molecule has 11 heteroatoms. The average molecular weight is 361 g/mol. The Bertz CT molecular complexity index is 750. The van der Waals surface area contributed by atoms with E-state index in [1.165, 1.54) is 13.0 Å². The molecule has 25 heavy (non-hydrogen) atoms. The molecule has 1 amide bonds. The molecule has 0 fully saturated rings. The van der Waals surface area contributed by atoms with Crippen LogP contribution in [0.3, 0.4) is 0 Å². The number of rotatable bonds is 5. The van der Waals surface area contributed by atoms with Gasteiger partial charge in [-0.15, -0.1) is 0 Å². The van der Waals surface area contributed by atoms with E-state index in [9.17, 15) is 26.7 Å². The molecule has 0 radical (unpaired) electrons. The third kappa shape index (κ3) is 5.33. The van der Waals surface area contributed by atoms with Gasteiger partial charge in [-0.1, -0.05) is 0 Å². The van der Waals surface area contributed by atoms with E-state index >= 15 is 0 Å². The lowest BCUT2D eigenvalue weighted by Crippen LogP contribution is -2.42. The van der Waals surface area contributed by atoms with Crippen LogP contribution in [-0.2, 0) is 4.79 Å². The first-order valence-electron chi connectivity index (χ1n) is 6.91. The van der Waals surface area contributed by atoms with Crippen LogP contribution in [0.4, 0.5) is 27.8 Å². The first-order valence-corrected chi connectivity index (χ1v) is 6.91. The van der Waals surface area contributed by atoms with Gasteiger partial charge in [-0.05, 0) is 19.1 Å². The number of carbonyl (C=O) groups excluding carboxylic acids is 1. The lowest BCUT2D eigenvalue weighted by molar-refractivity contribution is -0.138. The van der Waals surface area contributed by atoms with Gasteiger partial charge in [0, 0.05) is 11.8 Å². The number of halogens is 5. The van der Waals surface area contributed by atoms with Gasteiger partial charge in [-0.2, -0.15) is 17.6 Å². The van der Waals surface area contributed by atoms with Crippen LogP contribution >= 0.6 is 0 Å². The van der Waals surface area contributed by atoms with Crippen molar-refractivity contribution in [2.45, 2.75) is 19.1 Å². The smallest absolute Gasteiger partial charge is 0.356 e. The predicted molar refractivity (Wildman–Crippen MR) is 77.3 cm³/mol. The molecule has 0 aliphatic carbocycles. The molecule has 2 aromatic rings. The SMILES string of the molecule is C[C@@H](Nc1nc(-c2ccc(F)nc2)ncc1F)C(=O)NCC(F)(F)F. The Morgan fingerprint density at radius 2 is 1.92 bits per heavy atom. The molecule has 0 bridgehead atoms. The molecule has 2 rings (SSSR count). The molecule has 2 N–H and O–H groups in total. The van der Waals surface area contributed by atoms with Crippen LogP contribution in [0.1, 0.15) is 6.92 Å². The van der Waals surface area contributed by atoms with Gasteiger partial charge < -0.3 is 10.6 Å². The second-order valence-electron chi connectivity index (χ2n) is 4.96. The highest BCUT2D eigenvalue weighted by Crippen LogP contribution is 2.18. The van der Waals surface area contributed by atoms with Crippen LogP contribution in [0.25, 0.3) is 11.4 Å². The van der Waals surface area contributed by atoms with Crippen molar-refractivity contribution in [1.82, 2.24) is 20.3 Å². The standard InChI is InChI=1S/C14H12F5N5O/c1-7(13(25)22-6-14(17,18)19)23-12-9(15)5-21-11(24-12)8-2-3-10(16)20-4-8/h2-5,7H,6H2,1H3,(H,22,25)(H,21,23,24)/t7-/m1/s1. The van der Waals surface area contributed by atoms with Crippen molar-refractivity contribution < 1.29 is 26.7 Å². The molecular weight excluding hydrogens is 349 g/mol. The molecule has 0 unspecified atom stereocenters. The number of carbonyl (C=O) groups is 1. The first-order chi connectivity index (χ1) is 11.7. The number of anilines is 1. The number of hydrogen-bond acceptors (Lipinski definition) is 5. The largest absolute Gasteiger partial charge is 0.405 e. The van der Waals surface area contributed by atoms with Crippen molar-refractivity contribution in [3.63, 3.8) is 0 Å². The van der Waals surface area contributed by atoms with E-state index in [0.717, 1.165) is 18.5 Å². The molecular formula is C14H12F5N5O. The van der Waals surface area contributed by atoms with Gasteiger partial charge in [0.25, 0.3) is 0 Å². The summed E-state index contributed by atoms with van der Waals surface area (Å²) >= 11 is 0. The van der Waals surface area contributed by atoms with E-state index in [4.69, 9.17) is 0 Å². The van der Waals surface area contributed by atoms with Gasteiger partial charge in [-0.3, -0.25) is 4.79 Å². The Morgan fingerprint density at radius 3 is 2.52 bits per heavy atom. The molecule has 0 aliphatic rings. The maximum absolute atomic E-state index is 13.8. The lowest BCUT2D eigenvalue weighted by atomic mass is 10.2. The highest BCUT2D eigenvalue weighted by atomic mass is 19.4. The van der Waals surface area contributed by atoms with E-state index in [0.29, 0.717) is 5.56 Å². The minimum atomic E-state index is -4.56. The van der Waals surface area contributed by atoms with Crippen LogP contribution < -0.4 is 10.6 Å². The molecule has 0 aromatic carbocycles. The van der Waals surface area contributed by atoms with Crippen LogP contribution in [-0.4, -0.2) is 39.6 Å². The molecule has 1 atom stereocenters. The van der Waals surface area contributed by atoms with E-state index < -0.39 is 36.4 Å². The van der Waals surface area contributed by atoms with E-state index in [1.54, 1.807) is 5.32 Å². The van der Waals surface area contributed by atoms with E-state index in [2.05, 4.69) is 20.3 Å². The summed E-state index contributed by atoms with van der Waals surface area (Å²) < 4.78 is 62.9. The average Bonchev–Trinajstić information content (AvgIpc) is 2.54. The zero-order valence-corrected chi connectivity index (χ0v) is 12.7. The van der Waals surface area contributed by atoms with Gasteiger partial charge >= 0.3 is 6.18 Å². The van der Waals surface area contributed by atoms with Gasteiger partial charge in [0.1, 0.15) is 12.6 Å². The topological polar surface area (TPSA) is 79.8 Å². The molecule has 0 spiro atoms. The Balaban J connectivity index is 2.12. The highest BCUT2D eigenvalue weighted by Gasteiger charge is 2.29. The Kier molecular flexibility index (Phi) is 5.45. The van der Waals surface area contributed by atoms with Crippen molar-refractivity contribution in [3.05, 3.63) is 36.3 Å². The number of hydrogen-bond donors (Lipinski definition) is 2. The highest BCUT2D eigenvalue weighted by molar-refractivity contribution is 5.84. The summed E-state index contributed by atoms with van der Waals surface area (Å²) in [6.45, 7) is -0.261. The monoisotopic (exact) mass is 361 g/mol. The minimum Gasteiger partial charge on any atom is -0.356 e. The van der Waals surface area contributed by atoms with E-state index in [1.807, 2.05) is 0 Å². The molecule has 2 heterocycles. The number of aromatic nitrogens is 3. The first kappa shape index (κ1) is 18.5. The second kappa shape index (κ2) is 7.36. The third-order valence-electron chi connectivity index (χ3n) is 2.94. The number of nitrogens with one attached hydrogen (secondary N) is 2. The zero-order chi connectivity index (χ0) is 18.6. The summed E-state index contributed by atoms with van der Waals surface area (Å²) in [6.07, 6.45) is -2.61. The lowest BCUT2D eigenvalue weighted by Gasteiger charge is -2.16. The summed E-state index contributed by atoms with van der Waals surface area (Å²) in [5.74, 6) is -3.00. The van der Waals surface area contributed by atoms with Crippen molar-refractivity contribution >= 4 is 11.7 Å². The van der Waals surface area contributed by atoms with Gasteiger partial charge in [-0.25, -0.2) is 19.3 Å². The summed E-state index contributed by atoms with van der Waals surface area (Å²) in [5, 5.41) is 4.04. The van der Waals surface area contributed by atoms with Crippen LogP contribution in [0.2, 0.25) is 0 Å². The molecule has 0 saturated carbocycles. The minimum absolute atomic E-state index is 0.000648. The predicted octanol–water partition coefficient (Wildman–Crippen LogP) is 2.30. The number of alkyl halides is 3. The Morgan fingerprint density at radius 1 is 1.20 bits per heavy atom. The van der Waals surface area contributed by atoms with Crippen molar-refractivity contribution in [1.29, 1.82) is 0 Å². The van der Waals surface area contributed by atoms with Crippen LogP contribution in [0.5, 0.6) is 0 Å². The summed E-state index contributed by atoms with van der Waals surface area (Å²) in [4.78, 5) is 22.6. The summed E-state index contributed by atoms with van der Waals surface area (Å²) in [7, 11) is 0. The van der Waals surface area contributed by atoms with Crippen molar-refractivity contribution in [2.75, 3.05) is 11.9 Å². The molecule has 6 nitrogen and oxygen atoms in total. The third-order valence-corrected chi connectivity index (χ3v) is 2.94. The fraction of sp³-hybridized carbons (Fsp3) is 0.286. The molecule has 2 aromatic heterocycles. The molecule has 0 saturated heterocycles. The fourth-order valence-corrected chi connectivity index (χ4v) is 1.73. The van der Waals surface area contributed by atoms with E-state index in [-0.39, 0.29) is 11.6 Å². The summed E-state index contributed by atoms with van der Waals surface area (Å²) in [6, 6.07) is 1.19. The number of amides is 1. The molecule has 134 valence electrons. The molecule has 0 aliphatic heterocycles. The van der Waals surface area contributed by atoms with Gasteiger partial charge in [0.2, 0.25) is 11.9 Å². The van der Waals surface area contributed by atoms with Crippen LogP contribution in [0, 0.1) is 11.8 Å². The van der Waals surface area contributed by atoms with Crippen molar-refractivity contribution in [3.8, 4) is 11.4 Å².